The maximum Gasteiger partial charge on any atom is 0.215 e. The third-order valence-electron chi connectivity index (χ3n) is 2.87. The fourth-order valence-corrected chi connectivity index (χ4v) is 3.75. The normalized spacial score (nSPS) is 11.7. The Morgan fingerprint density at radius 2 is 2.10 bits per heavy atom. The summed E-state index contributed by atoms with van der Waals surface area (Å²) < 4.78 is 26.7. The molecule has 0 saturated carbocycles. The average Bonchev–Trinajstić information content (AvgIpc) is 2.92. The highest BCUT2D eigenvalue weighted by molar-refractivity contribution is 7.88. The van der Waals surface area contributed by atoms with Crippen LogP contribution in [0, 0.1) is 0 Å². The molecule has 0 atom stereocenters. The lowest BCUT2D eigenvalue weighted by Gasteiger charge is -2.07. The zero-order chi connectivity index (χ0) is 15.1. The summed E-state index contributed by atoms with van der Waals surface area (Å²) in [5, 5.41) is 5.88. The number of benzene rings is 1. The topological polar surface area (TPSA) is 71.1 Å². The molecule has 7 heteroatoms. The molecule has 0 aliphatic rings. The summed E-state index contributed by atoms with van der Waals surface area (Å²) in [7, 11) is -1.45. The first-order chi connectivity index (χ1) is 10.1. The molecule has 1 heterocycles. The van der Waals surface area contributed by atoms with E-state index in [1.165, 1.54) is 11.3 Å². The van der Waals surface area contributed by atoms with Crippen LogP contribution in [0.5, 0.6) is 0 Å². The molecule has 1 aromatic heterocycles. The molecule has 0 amide bonds. The van der Waals surface area contributed by atoms with E-state index < -0.39 is 10.0 Å². The summed E-state index contributed by atoms with van der Waals surface area (Å²) >= 11 is 1.53. The van der Waals surface area contributed by atoms with Crippen molar-refractivity contribution < 1.29 is 8.42 Å². The quantitative estimate of drug-likeness (QED) is 0.772. The lowest BCUT2D eigenvalue weighted by Crippen LogP contribution is -2.27. The van der Waals surface area contributed by atoms with E-state index >= 15 is 0 Å². The summed E-state index contributed by atoms with van der Waals surface area (Å²) in [6.07, 6.45) is 2.35. The summed E-state index contributed by atoms with van der Waals surface area (Å²) in [6, 6.07) is 7.60. The average molecular weight is 325 g/mol. The molecule has 0 aliphatic carbocycles. The number of thiazole rings is 1. The van der Waals surface area contributed by atoms with E-state index in [1.54, 1.807) is 6.20 Å². The van der Waals surface area contributed by atoms with Crippen LogP contribution in [-0.4, -0.2) is 27.0 Å². The monoisotopic (exact) mass is 325 g/mol. The molecule has 0 aliphatic heterocycles. The summed E-state index contributed by atoms with van der Waals surface area (Å²) in [5.41, 5.74) is 1.87. The van der Waals surface area contributed by atoms with Gasteiger partial charge in [-0.25, -0.2) is 18.1 Å². The van der Waals surface area contributed by atoms with Gasteiger partial charge in [0.15, 0.2) is 0 Å². The van der Waals surface area contributed by atoms with Gasteiger partial charge in [-0.05, 0) is 18.2 Å². The summed E-state index contributed by atoms with van der Waals surface area (Å²) in [4.78, 5) is 4.13. The lowest BCUT2D eigenvalue weighted by molar-refractivity contribution is 0.580. The van der Waals surface area contributed by atoms with Gasteiger partial charge in [-0.3, -0.25) is 0 Å². The second-order valence-electron chi connectivity index (χ2n) is 4.68. The number of nitrogens with zero attached hydrogens (tertiary/aromatic N) is 1. The Morgan fingerprint density at radius 3 is 2.81 bits per heavy atom. The molecule has 5 nitrogen and oxygen atoms in total. The van der Waals surface area contributed by atoms with E-state index in [4.69, 9.17) is 0 Å². The zero-order valence-electron chi connectivity index (χ0n) is 11.9. The molecule has 2 aromatic rings. The Kier molecular flexibility index (Phi) is 5.86. The van der Waals surface area contributed by atoms with Crippen LogP contribution in [0.4, 0.5) is 0 Å². The predicted octanol–water partition coefficient (Wildman–Crippen LogP) is 1.52. The highest BCUT2D eigenvalue weighted by atomic mass is 32.2. The Labute approximate surface area is 129 Å². The molecule has 0 radical (unpaired) electrons. The number of nitrogens with one attached hydrogen (secondary N) is 2. The highest BCUT2D eigenvalue weighted by Crippen LogP contribution is 2.09. The van der Waals surface area contributed by atoms with Crippen LogP contribution >= 0.6 is 11.3 Å². The SMILES string of the molecule is CNCc1cccc(CS(=O)(=O)NCCc2nccs2)c1. The van der Waals surface area contributed by atoms with Crippen LogP contribution in [-0.2, 0) is 28.7 Å². The maximum absolute atomic E-state index is 12.1. The van der Waals surface area contributed by atoms with Crippen molar-refractivity contribution in [3.05, 3.63) is 52.0 Å². The van der Waals surface area contributed by atoms with Gasteiger partial charge < -0.3 is 5.32 Å². The summed E-state index contributed by atoms with van der Waals surface area (Å²) in [5.74, 6) is 0.00240. The number of sulfonamides is 1. The minimum atomic E-state index is -3.31. The summed E-state index contributed by atoms with van der Waals surface area (Å²) in [6.45, 7) is 1.11. The van der Waals surface area contributed by atoms with Crippen LogP contribution in [0.3, 0.4) is 0 Å². The van der Waals surface area contributed by atoms with Gasteiger partial charge in [0.2, 0.25) is 10.0 Å². The fourth-order valence-electron chi connectivity index (χ4n) is 1.99. The Balaban J connectivity index is 1.89. The third-order valence-corrected chi connectivity index (χ3v) is 5.07. The van der Waals surface area contributed by atoms with Crippen molar-refractivity contribution in [2.24, 2.45) is 0 Å². The maximum atomic E-state index is 12.1. The standard InChI is InChI=1S/C14H19N3O2S2/c1-15-10-12-3-2-4-13(9-12)11-21(18,19)17-6-5-14-16-7-8-20-14/h2-4,7-9,15,17H,5-6,10-11H2,1H3. The molecule has 114 valence electrons. The molecule has 21 heavy (non-hydrogen) atoms. The van der Waals surface area contributed by atoms with E-state index in [2.05, 4.69) is 15.0 Å². The minimum absolute atomic E-state index is 0.00240. The van der Waals surface area contributed by atoms with Gasteiger partial charge in [0.25, 0.3) is 0 Å². The number of hydrogen-bond acceptors (Lipinski definition) is 5. The lowest BCUT2D eigenvalue weighted by atomic mass is 10.1. The molecular weight excluding hydrogens is 306 g/mol. The van der Waals surface area contributed by atoms with Crippen molar-refractivity contribution in [2.75, 3.05) is 13.6 Å². The van der Waals surface area contributed by atoms with Crippen LogP contribution in [0.2, 0.25) is 0 Å². The third kappa shape index (κ3) is 5.55. The second-order valence-corrected chi connectivity index (χ2v) is 7.47. The van der Waals surface area contributed by atoms with Crippen LogP contribution in [0.25, 0.3) is 0 Å². The van der Waals surface area contributed by atoms with Gasteiger partial charge in [0, 0.05) is 31.1 Å². The van der Waals surface area contributed by atoms with Gasteiger partial charge in [0.1, 0.15) is 0 Å². The van der Waals surface area contributed by atoms with Crippen LogP contribution < -0.4 is 10.0 Å². The van der Waals surface area contributed by atoms with Crippen molar-refractivity contribution in [2.45, 2.75) is 18.7 Å². The molecule has 0 spiro atoms. The van der Waals surface area contributed by atoms with Gasteiger partial charge in [-0.15, -0.1) is 11.3 Å². The molecule has 0 fully saturated rings. The smallest absolute Gasteiger partial charge is 0.215 e. The Morgan fingerprint density at radius 1 is 1.29 bits per heavy atom. The van der Waals surface area contributed by atoms with E-state index in [0.717, 1.165) is 22.7 Å². The first-order valence-electron chi connectivity index (χ1n) is 6.67. The van der Waals surface area contributed by atoms with E-state index in [9.17, 15) is 8.42 Å². The van der Waals surface area contributed by atoms with Crippen molar-refractivity contribution in [3.63, 3.8) is 0 Å². The highest BCUT2D eigenvalue weighted by Gasteiger charge is 2.11. The zero-order valence-corrected chi connectivity index (χ0v) is 13.5. The second kappa shape index (κ2) is 7.65. The van der Waals surface area contributed by atoms with Crippen molar-refractivity contribution in [1.82, 2.24) is 15.0 Å². The number of hydrogen-bond donors (Lipinski definition) is 2. The van der Waals surface area contributed by atoms with Gasteiger partial charge in [-0.1, -0.05) is 24.3 Å². The first-order valence-corrected chi connectivity index (χ1v) is 9.20. The predicted molar refractivity (Wildman–Crippen MR) is 85.7 cm³/mol. The van der Waals surface area contributed by atoms with Crippen molar-refractivity contribution in [1.29, 1.82) is 0 Å². The Hall–Kier alpha value is -1.28. The van der Waals surface area contributed by atoms with Crippen LogP contribution in [0.1, 0.15) is 16.1 Å². The molecule has 1 aromatic carbocycles. The van der Waals surface area contributed by atoms with Gasteiger partial charge >= 0.3 is 0 Å². The number of rotatable bonds is 8. The first kappa shape index (κ1) is 16.1. The Bertz CT molecular complexity index is 655. The molecular formula is C14H19N3O2S2. The van der Waals surface area contributed by atoms with E-state index in [-0.39, 0.29) is 5.75 Å². The molecule has 2 N–H and O–H groups in total. The van der Waals surface area contributed by atoms with Crippen molar-refractivity contribution in [3.8, 4) is 0 Å². The van der Waals surface area contributed by atoms with Gasteiger partial charge in [0.05, 0.1) is 10.8 Å². The molecule has 0 unspecified atom stereocenters. The van der Waals surface area contributed by atoms with E-state index in [1.807, 2.05) is 36.7 Å². The molecule has 0 saturated heterocycles. The fraction of sp³-hybridized carbons (Fsp3) is 0.357. The largest absolute Gasteiger partial charge is 0.316 e. The molecule has 2 rings (SSSR count). The van der Waals surface area contributed by atoms with E-state index in [0.29, 0.717) is 13.0 Å². The molecule has 0 bridgehead atoms. The minimum Gasteiger partial charge on any atom is -0.316 e. The van der Waals surface area contributed by atoms with Crippen LogP contribution in [0.15, 0.2) is 35.8 Å². The van der Waals surface area contributed by atoms with Gasteiger partial charge in [-0.2, -0.15) is 0 Å². The van der Waals surface area contributed by atoms with Crippen molar-refractivity contribution >= 4 is 21.4 Å². The number of aromatic nitrogens is 1.